The fraction of sp³-hybridized carbons (Fsp3) is 0.200. The summed E-state index contributed by atoms with van der Waals surface area (Å²) in [5.74, 6) is 0.992. The maximum Gasteiger partial charge on any atom is 0.123 e. The van der Waals surface area contributed by atoms with Gasteiger partial charge in [-0.05, 0) is 67.8 Å². The first-order valence-corrected chi connectivity index (χ1v) is 8.64. The lowest BCUT2D eigenvalue weighted by Gasteiger charge is -2.15. The number of nitrogens with one attached hydrogen (secondary N) is 1. The van der Waals surface area contributed by atoms with Crippen LogP contribution in [-0.2, 0) is 6.42 Å². The lowest BCUT2D eigenvalue weighted by molar-refractivity contribution is 0.246. The summed E-state index contributed by atoms with van der Waals surface area (Å²) in [7, 11) is 0. The molecular formula is C15H12Br3NO. The molecule has 2 aromatic carbocycles. The maximum absolute atomic E-state index is 5.95. The molecular weight excluding hydrogens is 450 g/mol. The number of hydrogen-bond donors (Lipinski definition) is 1. The van der Waals surface area contributed by atoms with E-state index in [9.17, 15) is 0 Å². The topological polar surface area (TPSA) is 21.3 Å². The van der Waals surface area contributed by atoms with Crippen LogP contribution in [0.3, 0.4) is 0 Å². The van der Waals surface area contributed by atoms with E-state index >= 15 is 0 Å². The molecule has 1 unspecified atom stereocenters. The minimum absolute atomic E-state index is 0.165. The molecule has 1 N–H and O–H groups in total. The second kappa shape index (κ2) is 6.08. The first kappa shape index (κ1) is 14.4. The highest BCUT2D eigenvalue weighted by Gasteiger charge is 2.23. The molecule has 0 bridgehead atoms. The average molecular weight is 462 g/mol. The van der Waals surface area contributed by atoms with Crippen LogP contribution in [0.5, 0.6) is 5.75 Å². The van der Waals surface area contributed by atoms with Gasteiger partial charge in [-0.15, -0.1) is 0 Å². The van der Waals surface area contributed by atoms with Gasteiger partial charge in [0.2, 0.25) is 0 Å². The smallest absolute Gasteiger partial charge is 0.123 e. The number of anilines is 1. The number of halogens is 3. The van der Waals surface area contributed by atoms with Gasteiger partial charge in [-0.1, -0.05) is 22.0 Å². The molecule has 0 aliphatic carbocycles. The van der Waals surface area contributed by atoms with Crippen molar-refractivity contribution in [2.45, 2.75) is 12.5 Å². The van der Waals surface area contributed by atoms with Crippen molar-refractivity contribution in [3.63, 3.8) is 0 Å². The first-order chi connectivity index (χ1) is 9.63. The third-order valence-electron chi connectivity index (χ3n) is 3.23. The molecule has 5 heteroatoms. The molecule has 2 nitrogen and oxygen atoms in total. The number of benzene rings is 2. The van der Waals surface area contributed by atoms with Gasteiger partial charge in [-0.2, -0.15) is 0 Å². The minimum atomic E-state index is 0.165. The van der Waals surface area contributed by atoms with E-state index in [-0.39, 0.29) is 6.10 Å². The van der Waals surface area contributed by atoms with E-state index in [1.165, 1.54) is 5.56 Å². The zero-order chi connectivity index (χ0) is 14.1. The van der Waals surface area contributed by atoms with Crippen LogP contribution in [-0.4, -0.2) is 12.6 Å². The predicted molar refractivity (Wildman–Crippen MR) is 92.6 cm³/mol. The van der Waals surface area contributed by atoms with Gasteiger partial charge in [0, 0.05) is 19.8 Å². The van der Waals surface area contributed by atoms with E-state index in [0.717, 1.165) is 37.8 Å². The van der Waals surface area contributed by atoms with E-state index in [0.29, 0.717) is 0 Å². The van der Waals surface area contributed by atoms with Crippen LogP contribution in [0, 0.1) is 0 Å². The van der Waals surface area contributed by atoms with Gasteiger partial charge in [-0.25, -0.2) is 0 Å². The second-order valence-corrected chi connectivity index (χ2v) is 7.30. The Morgan fingerprint density at radius 3 is 2.60 bits per heavy atom. The molecule has 1 aliphatic heterocycles. The summed E-state index contributed by atoms with van der Waals surface area (Å²) < 4.78 is 9.14. The fourth-order valence-corrected chi connectivity index (χ4v) is 3.97. The highest BCUT2D eigenvalue weighted by atomic mass is 79.9. The van der Waals surface area contributed by atoms with Crippen molar-refractivity contribution in [2.75, 3.05) is 11.9 Å². The van der Waals surface area contributed by atoms with Crippen molar-refractivity contribution >= 4 is 53.5 Å². The van der Waals surface area contributed by atoms with Crippen LogP contribution in [0.15, 0.2) is 49.8 Å². The summed E-state index contributed by atoms with van der Waals surface area (Å²) in [4.78, 5) is 0. The zero-order valence-electron chi connectivity index (χ0n) is 10.5. The lowest BCUT2D eigenvalue weighted by atomic mass is 10.1. The Bertz CT molecular complexity index is 625. The summed E-state index contributed by atoms with van der Waals surface area (Å²) in [5.41, 5.74) is 2.32. The molecule has 20 heavy (non-hydrogen) atoms. The van der Waals surface area contributed by atoms with Crippen LogP contribution in [0.2, 0.25) is 0 Å². The molecule has 0 spiro atoms. The highest BCUT2D eigenvalue weighted by molar-refractivity contribution is 9.11. The Hall–Kier alpha value is -0.520. The van der Waals surface area contributed by atoms with Crippen LogP contribution in [0.4, 0.5) is 5.69 Å². The number of hydrogen-bond acceptors (Lipinski definition) is 2. The van der Waals surface area contributed by atoms with E-state index < -0.39 is 0 Å². The molecule has 0 saturated carbocycles. The van der Waals surface area contributed by atoms with Crippen molar-refractivity contribution in [1.29, 1.82) is 0 Å². The predicted octanol–water partition coefficient (Wildman–Crippen LogP) is 5.39. The number of ether oxygens (including phenoxy) is 1. The first-order valence-electron chi connectivity index (χ1n) is 6.26. The van der Waals surface area contributed by atoms with Crippen molar-refractivity contribution in [3.8, 4) is 5.75 Å². The average Bonchev–Trinajstić information content (AvgIpc) is 2.80. The third kappa shape index (κ3) is 3.05. The van der Waals surface area contributed by atoms with E-state index in [4.69, 9.17) is 4.74 Å². The number of rotatable bonds is 3. The van der Waals surface area contributed by atoms with Crippen LogP contribution in [0.1, 0.15) is 5.56 Å². The molecule has 0 saturated heterocycles. The Morgan fingerprint density at radius 2 is 1.85 bits per heavy atom. The van der Waals surface area contributed by atoms with Crippen LogP contribution >= 0.6 is 47.8 Å². The Balaban J connectivity index is 1.67. The lowest BCUT2D eigenvalue weighted by Crippen LogP contribution is -2.24. The van der Waals surface area contributed by atoms with Gasteiger partial charge in [-0.3, -0.25) is 0 Å². The molecule has 1 atom stereocenters. The summed E-state index contributed by atoms with van der Waals surface area (Å²) in [6, 6.07) is 12.2. The molecule has 1 aliphatic rings. The van der Waals surface area contributed by atoms with Crippen molar-refractivity contribution < 1.29 is 4.74 Å². The summed E-state index contributed by atoms with van der Waals surface area (Å²) >= 11 is 10.6. The summed E-state index contributed by atoms with van der Waals surface area (Å²) in [5, 5.41) is 3.44. The van der Waals surface area contributed by atoms with Crippen LogP contribution in [0.25, 0.3) is 0 Å². The van der Waals surface area contributed by atoms with E-state index in [1.807, 2.05) is 30.3 Å². The molecule has 0 fully saturated rings. The molecule has 0 radical (unpaired) electrons. The Kier molecular flexibility index (Phi) is 4.38. The zero-order valence-corrected chi connectivity index (χ0v) is 15.3. The van der Waals surface area contributed by atoms with Crippen molar-refractivity contribution in [1.82, 2.24) is 0 Å². The van der Waals surface area contributed by atoms with Gasteiger partial charge < -0.3 is 10.1 Å². The highest BCUT2D eigenvalue weighted by Crippen LogP contribution is 2.33. The number of para-hydroxylation sites is 1. The van der Waals surface area contributed by atoms with Crippen LogP contribution < -0.4 is 10.1 Å². The molecule has 104 valence electrons. The van der Waals surface area contributed by atoms with Crippen molar-refractivity contribution in [2.24, 2.45) is 0 Å². The standard InChI is InChI=1S/C15H12Br3NO/c16-10-4-5-14-9(6-10)7-11(20-14)8-19-15-12(17)2-1-3-13(15)18/h1-6,11,19H,7-8H2. The number of fused-ring (bicyclic) bond motifs is 1. The van der Waals surface area contributed by atoms with E-state index in [2.05, 4.69) is 59.2 Å². The fourth-order valence-electron chi connectivity index (χ4n) is 2.29. The second-order valence-electron chi connectivity index (χ2n) is 4.67. The Morgan fingerprint density at radius 1 is 1.10 bits per heavy atom. The van der Waals surface area contributed by atoms with Crippen molar-refractivity contribution in [3.05, 3.63) is 55.4 Å². The SMILES string of the molecule is Brc1ccc2c(c1)CC(CNc1c(Br)cccc1Br)O2. The van der Waals surface area contributed by atoms with Gasteiger partial charge in [0.05, 0.1) is 12.2 Å². The summed E-state index contributed by atoms with van der Waals surface area (Å²) in [6.07, 6.45) is 1.10. The molecule has 3 rings (SSSR count). The summed E-state index contributed by atoms with van der Waals surface area (Å²) in [6.45, 7) is 0.771. The molecule has 0 amide bonds. The minimum Gasteiger partial charge on any atom is -0.488 e. The van der Waals surface area contributed by atoms with Gasteiger partial charge >= 0.3 is 0 Å². The monoisotopic (exact) mass is 459 g/mol. The third-order valence-corrected chi connectivity index (χ3v) is 5.05. The molecule has 1 heterocycles. The maximum atomic E-state index is 5.95. The molecule has 0 aromatic heterocycles. The largest absolute Gasteiger partial charge is 0.488 e. The molecule has 2 aromatic rings. The Labute approximate surface area is 143 Å². The van der Waals surface area contributed by atoms with E-state index in [1.54, 1.807) is 0 Å². The normalized spacial score (nSPS) is 16.6. The quantitative estimate of drug-likeness (QED) is 0.661. The van der Waals surface area contributed by atoms with Gasteiger partial charge in [0.1, 0.15) is 11.9 Å². The van der Waals surface area contributed by atoms with Gasteiger partial charge in [0.15, 0.2) is 0 Å². The van der Waals surface area contributed by atoms with Gasteiger partial charge in [0.25, 0.3) is 0 Å².